The third-order valence-electron chi connectivity index (χ3n) is 16.6. The van der Waals surface area contributed by atoms with E-state index in [1.54, 1.807) is 0 Å². The maximum Gasteiger partial charge on any atom is 0.252 e. The van der Waals surface area contributed by atoms with Gasteiger partial charge in [0.2, 0.25) is 0 Å². The van der Waals surface area contributed by atoms with Crippen LogP contribution in [0.2, 0.25) is 0 Å². The fourth-order valence-corrected chi connectivity index (χ4v) is 12.5. The van der Waals surface area contributed by atoms with Gasteiger partial charge in [0.1, 0.15) is 0 Å². The van der Waals surface area contributed by atoms with Gasteiger partial charge in [-0.05, 0) is 141 Å². The Balaban J connectivity index is 1.23. The van der Waals surface area contributed by atoms with Gasteiger partial charge in [0.15, 0.2) is 0 Å². The summed E-state index contributed by atoms with van der Waals surface area (Å²) in [5.74, 6) is 0. The molecule has 0 radical (unpaired) electrons. The van der Waals surface area contributed by atoms with Crippen molar-refractivity contribution < 1.29 is 0 Å². The molecule has 2 heterocycles. The number of fused-ring (bicyclic) bond motifs is 4. The predicted octanol–water partition coefficient (Wildman–Crippen LogP) is 19.3. The van der Waals surface area contributed by atoms with Gasteiger partial charge in [-0.25, -0.2) is 0 Å². The number of anilines is 6. The Bertz CT molecular complexity index is 3700. The van der Waals surface area contributed by atoms with Crippen molar-refractivity contribution in [1.82, 2.24) is 0 Å². The fourth-order valence-electron chi connectivity index (χ4n) is 12.5. The molecule has 0 aromatic heterocycles. The lowest BCUT2D eigenvalue weighted by atomic mass is 9.33. The zero-order chi connectivity index (χ0) is 55.2. The second-order valence-corrected chi connectivity index (χ2v) is 26.2. The van der Waals surface area contributed by atoms with Crippen molar-refractivity contribution in [2.75, 3.05) is 9.80 Å². The molecular formula is C76H73BN2. The minimum absolute atomic E-state index is 0.00812. The van der Waals surface area contributed by atoms with Crippen LogP contribution in [0.5, 0.6) is 0 Å². The van der Waals surface area contributed by atoms with Crippen LogP contribution in [0.15, 0.2) is 224 Å². The SMILES string of the molecule is CC(C)(C)c1ccc(-c2ccc3c(c2)B2c4cc(-c5ccc(C(C)(C)C)cc5C(C)(C)C)ccc4N(c4ccccc4-c4ccccc4)c4cc(-c5ccccc5)cc(c42)N3c2ccccc2-c2ccccc2)c(C(C)(C)C)c1. The van der Waals surface area contributed by atoms with Crippen molar-refractivity contribution in [3.8, 4) is 55.6 Å². The molecule has 3 heteroatoms. The smallest absolute Gasteiger partial charge is 0.252 e. The van der Waals surface area contributed by atoms with Crippen LogP contribution >= 0.6 is 0 Å². The molecule has 10 aromatic rings. The summed E-state index contributed by atoms with van der Waals surface area (Å²) >= 11 is 0. The molecule has 0 saturated heterocycles. The molecule has 0 atom stereocenters. The molecule has 10 aromatic carbocycles. The molecule has 12 rings (SSSR count). The Morgan fingerprint density at radius 2 is 0.620 bits per heavy atom. The van der Waals surface area contributed by atoms with Crippen LogP contribution in [0.1, 0.15) is 105 Å². The molecule has 0 unspecified atom stereocenters. The van der Waals surface area contributed by atoms with Gasteiger partial charge in [-0.3, -0.25) is 0 Å². The van der Waals surface area contributed by atoms with Crippen LogP contribution in [0.3, 0.4) is 0 Å². The van der Waals surface area contributed by atoms with Crippen molar-refractivity contribution >= 4 is 57.2 Å². The number of para-hydroxylation sites is 2. The summed E-state index contributed by atoms with van der Waals surface area (Å²) in [4.78, 5) is 5.21. The molecule has 0 fully saturated rings. The molecule has 0 saturated carbocycles. The monoisotopic (exact) mass is 1020 g/mol. The second-order valence-electron chi connectivity index (χ2n) is 26.2. The highest BCUT2D eigenvalue weighted by Gasteiger charge is 2.45. The van der Waals surface area contributed by atoms with E-state index in [-0.39, 0.29) is 28.4 Å². The number of hydrogen-bond donors (Lipinski definition) is 0. The Morgan fingerprint density at radius 3 is 1.00 bits per heavy atom. The average Bonchev–Trinajstić information content (AvgIpc) is 3.10. The molecule has 0 bridgehead atoms. The van der Waals surface area contributed by atoms with Gasteiger partial charge in [0, 0.05) is 33.9 Å². The first-order valence-electron chi connectivity index (χ1n) is 28.5. The van der Waals surface area contributed by atoms with Gasteiger partial charge < -0.3 is 9.80 Å². The highest BCUT2D eigenvalue weighted by molar-refractivity contribution is 7.00. The first-order chi connectivity index (χ1) is 37.7. The molecule has 79 heavy (non-hydrogen) atoms. The molecule has 390 valence electrons. The van der Waals surface area contributed by atoms with Crippen LogP contribution in [0.4, 0.5) is 34.1 Å². The van der Waals surface area contributed by atoms with Gasteiger partial charge in [0.25, 0.3) is 6.71 Å². The maximum atomic E-state index is 2.61. The first kappa shape index (κ1) is 51.6. The van der Waals surface area contributed by atoms with Gasteiger partial charge in [0.05, 0.1) is 11.4 Å². The van der Waals surface area contributed by atoms with E-state index in [4.69, 9.17) is 0 Å². The molecule has 0 spiro atoms. The molecular weight excluding hydrogens is 952 g/mol. The molecule has 0 N–H and O–H groups in total. The number of hydrogen-bond acceptors (Lipinski definition) is 2. The topological polar surface area (TPSA) is 6.48 Å². The Morgan fingerprint density at radius 1 is 0.253 bits per heavy atom. The van der Waals surface area contributed by atoms with E-state index < -0.39 is 0 Å². The lowest BCUT2D eigenvalue weighted by molar-refractivity contribution is 0.569. The molecule has 2 nitrogen and oxygen atoms in total. The lowest BCUT2D eigenvalue weighted by Gasteiger charge is -2.45. The van der Waals surface area contributed by atoms with Crippen LogP contribution in [-0.2, 0) is 21.7 Å². The van der Waals surface area contributed by atoms with E-state index in [2.05, 4.69) is 317 Å². The van der Waals surface area contributed by atoms with E-state index in [0.29, 0.717) is 0 Å². The van der Waals surface area contributed by atoms with E-state index in [9.17, 15) is 0 Å². The van der Waals surface area contributed by atoms with Gasteiger partial charge in [-0.1, -0.05) is 271 Å². The third-order valence-corrected chi connectivity index (χ3v) is 16.6. The van der Waals surface area contributed by atoms with Crippen molar-refractivity contribution in [1.29, 1.82) is 0 Å². The Kier molecular flexibility index (Phi) is 12.6. The summed E-state index contributed by atoms with van der Waals surface area (Å²) < 4.78 is 0. The van der Waals surface area contributed by atoms with Crippen molar-refractivity contribution in [2.24, 2.45) is 0 Å². The van der Waals surface area contributed by atoms with E-state index in [0.717, 1.165) is 11.4 Å². The number of rotatable bonds is 7. The molecule has 0 amide bonds. The van der Waals surface area contributed by atoms with E-state index in [1.165, 1.54) is 117 Å². The molecule has 2 aliphatic rings. The van der Waals surface area contributed by atoms with Crippen LogP contribution in [-0.4, -0.2) is 6.71 Å². The normalized spacial score (nSPS) is 13.2. The van der Waals surface area contributed by atoms with E-state index in [1.807, 2.05) is 0 Å². The summed E-state index contributed by atoms with van der Waals surface area (Å²) in [6.45, 7) is 28.0. The zero-order valence-corrected chi connectivity index (χ0v) is 48.3. The van der Waals surface area contributed by atoms with Gasteiger partial charge in [-0.15, -0.1) is 0 Å². The third kappa shape index (κ3) is 9.31. The Hall–Kier alpha value is -8.14. The minimum atomic E-state index is -0.140. The minimum Gasteiger partial charge on any atom is -0.311 e. The fraction of sp³-hybridized carbons (Fsp3) is 0.211. The van der Waals surface area contributed by atoms with Crippen LogP contribution in [0, 0.1) is 0 Å². The van der Waals surface area contributed by atoms with Crippen molar-refractivity contribution in [2.45, 2.75) is 105 Å². The maximum absolute atomic E-state index is 2.61. The zero-order valence-electron chi connectivity index (χ0n) is 48.3. The Labute approximate surface area is 471 Å². The lowest BCUT2D eigenvalue weighted by Crippen LogP contribution is -2.61. The summed E-state index contributed by atoms with van der Waals surface area (Å²) in [5, 5.41) is 0. The summed E-state index contributed by atoms with van der Waals surface area (Å²) in [6.07, 6.45) is 0. The summed E-state index contributed by atoms with van der Waals surface area (Å²) in [7, 11) is 0. The summed E-state index contributed by atoms with van der Waals surface area (Å²) in [6, 6.07) is 85.2. The standard InChI is InChI=1S/C76H73BN2/c1-73(2,3)56-38-40-58(62(48-56)75(7,8)9)53-36-42-68-64(44-53)77-65-45-54(59-41-39-57(74(4,5)6)49-63(59)76(10,11)12)37-43-69(65)79(67-35-25-23-33-61(67)52-30-20-15-21-31-52)71-47-55(50-26-16-13-17-27-50)46-70(72(71)77)78(68)66-34-24-22-32-60(66)51-28-18-14-19-29-51/h13-49H,1-12H3. The van der Waals surface area contributed by atoms with Crippen LogP contribution in [0.25, 0.3) is 55.6 Å². The first-order valence-corrected chi connectivity index (χ1v) is 28.5. The molecule has 2 aliphatic heterocycles. The number of benzene rings is 10. The van der Waals surface area contributed by atoms with Crippen molar-refractivity contribution in [3.05, 3.63) is 247 Å². The second kappa shape index (κ2) is 19.3. The van der Waals surface area contributed by atoms with Gasteiger partial charge in [-0.2, -0.15) is 0 Å². The quantitative estimate of drug-likeness (QED) is 0.147. The van der Waals surface area contributed by atoms with Gasteiger partial charge >= 0.3 is 0 Å². The highest BCUT2D eigenvalue weighted by Crippen LogP contribution is 2.51. The highest BCUT2D eigenvalue weighted by atomic mass is 15.2. The van der Waals surface area contributed by atoms with Crippen molar-refractivity contribution in [3.63, 3.8) is 0 Å². The summed E-state index contributed by atoms with van der Waals surface area (Å²) in [5.41, 5.74) is 28.2. The average molecular weight is 1030 g/mol. The molecule has 0 aliphatic carbocycles. The number of nitrogens with zero attached hydrogens (tertiary/aromatic N) is 2. The predicted molar refractivity (Wildman–Crippen MR) is 342 cm³/mol. The van der Waals surface area contributed by atoms with E-state index >= 15 is 0 Å². The largest absolute Gasteiger partial charge is 0.311 e. The van der Waals surface area contributed by atoms with Crippen LogP contribution < -0.4 is 26.2 Å².